The van der Waals surface area contributed by atoms with Crippen molar-refractivity contribution in [3.8, 4) is 0 Å². The van der Waals surface area contributed by atoms with E-state index in [0.717, 1.165) is 25.6 Å². The molecular formula is C15H36Cl3N3. The predicted molar refractivity (Wildman–Crippen MR) is 102 cm³/mol. The number of hydrogen-bond donors (Lipinski definition) is 2. The maximum Gasteiger partial charge on any atom is 0.00670 e. The van der Waals surface area contributed by atoms with Crippen LogP contribution in [0, 0.1) is 0 Å². The van der Waals surface area contributed by atoms with Gasteiger partial charge in [0.05, 0.1) is 0 Å². The molecule has 1 fully saturated rings. The van der Waals surface area contributed by atoms with Crippen molar-refractivity contribution in [1.29, 1.82) is 0 Å². The molecule has 0 aliphatic heterocycles. The largest absolute Gasteiger partial charge is 0.330 e. The Balaban J connectivity index is -0.00000108. The molecule has 0 atom stereocenters. The normalized spacial score (nSPS) is 16.1. The lowest BCUT2D eigenvalue weighted by Crippen LogP contribution is -2.32. The van der Waals surface area contributed by atoms with Crippen molar-refractivity contribution >= 4 is 37.2 Å². The van der Waals surface area contributed by atoms with E-state index in [0.29, 0.717) is 0 Å². The zero-order chi connectivity index (χ0) is 13.1. The number of nitrogens with two attached hydrogens (primary N) is 1. The van der Waals surface area contributed by atoms with E-state index < -0.39 is 0 Å². The summed E-state index contributed by atoms with van der Waals surface area (Å²) in [6, 6.07) is 0.791. The third-order valence-corrected chi connectivity index (χ3v) is 4.00. The lowest BCUT2D eigenvalue weighted by atomic mass is 9.97. The molecule has 0 spiro atoms. The second-order valence-electron chi connectivity index (χ2n) is 5.80. The Morgan fingerprint density at radius 2 is 1.43 bits per heavy atom. The summed E-state index contributed by atoms with van der Waals surface area (Å²) >= 11 is 0. The van der Waals surface area contributed by atoms with Gasteiger partial charge in [0.2, 0.25) is 0 Å². The Hall–Kier alpha value is 0.750. The van der Waals surface area contributed by atoms with Crippen molar-refractivity contribution in [1.82, 2.24) is 10.2 Å². The van der Waals surface area contributed by atoms with Gasteiger partial charge in [-0.25, -0.2) is 0 Å². The van der Waals surface area contributed by atoms with Gasteiger partial charge in [-0.2, -0.15) is 0 Å². The van der Waals surface area contributed by atoms with Gasteiger partial charge in [-0.05, 0) is 58.9 Å². The highest BCUT2D eigenvalue weighted by Gasteiger charge is 2.10. The summed E-state index contributed by atoms with van der Waals surface area (Å²) in [4.78, 5) is 2.40. The van der Waals surface area contributed by atoms with Crippen molar-refractivity contribution < 1.29 is 0 Å². The highest BCUT2D eigenvalue weighted by Crippen LogP contribution is 2.16. The average Bonchev–Trinajstić information content (AvgIpc) is 2.34. The lowest BCUT2D eigenvalue weighted by Gasteiger charge is -2.22. The van der Waals surface area contributed by atoms with Gasteiger partial charge in [0.25, 0.3) is 0 Å². The summed E-state index contributed by atoms with van der Waals surface area (Å²) in [7, 11) is 2.20. The van der Waals surface area contributed by atoms with Gasteiger partial charge in [0.15, 0.2) is 0 Å². The molecule has 1 rings (SSSR count). The maximum atomic E-state index is 5.52. The summed E-state index contributed by atoms with van der Waals surface area (Å²) in [6.45, 7) is 4.32. The third kappa shape index (κ3) is 15.4. The van der Waals surface area contributed by atoms with Crippen LogP contribution in [0.1, 0.15) is 57.8 Å². The third-order valence-electron chi connectivity index (χ3n) is 4.00. The Kier molecular flexibility index (Phi) is 23.8. The molecule has 0 aromatic heterocycles. The van der Waals surface area contributed by atoms with Crippen LogP contribution in [0.25, 0.3) is 0 Å². The Morgan fingerprint density at radius 3 is 2.00 bits per heavy atom. The SMILES string of the molecule is CN(CCCN)CCCNC1CCCCCCC1.Cl.Cl.Cl. The van der Waals surface area contributed by atoms with Crippen LogP contribution >= 0.6 is 37.2 Å². The Labute approximate surface area is 150 Å². The van der Waals surface area contributed by atoms with Crippen LogP contribution in [0.4, 0.5) is 0 Å². The van der Waals surface area contributed by atoms with E-state index in [9.17, 15) is 0 Å². The minimum Gasteiger partial charge on any atom is -0.330 e. The smallest absolute Gasteiger partial charge is 0.00670 e. The molecule has 0 bridgehead atoms. The van der Waals surface area contributed by atoms with E-state index in [2.05, 4.69) is 17.3 Å². The lowest BCUT2D eigenvalue weighted by molar-refractivity contribution is 0.315. The summed E-state index contributed by atoms with van der Waals surface area (Å²) in [6.07, 6.45) is 12.4. The maximum absolute atomic E-state index is 5.52. The zero-order valence-electron chi connectivity index (χ0n) is 13.5. The van der Waals surface area contributed by atoms with Crippen LogP contribution in [-0.2, 0) is 0 Å². The summed E-state index contributed by atoms with van der Waals surface area (Å²) in [5, 5.41) is 3.75. The molecule has 0 aromatic rings. The minimum absolute atomic E-state index is 0. The molecule has 6 heteroatoms. The second-order valence-corrected chi connectivity index (χ2v) is 5.80. The molecule has 0 radical (unpaired) electrons. The van der Waals surface area contributed by atoms with E-state index in [1.807, 2.05) is 0 Å². The Bertz CT molecular complexity index is 189. The molecule has 0 heterocycles. The molecule has 0 amide bonds. The number of nitrogens with zero attached hydrogens (tertiary/aromatic N) is 1. The first-order valence-electron chi connectivity index (χ1n) is 7.95. The molecule has 1 saturated carbocycles. The van der Waals surface area contributed by atoms with Crippen molar-refractivity contribution in [2.45, 2.75) is 63.8 Å². The minimum atomic E-state index is 0. The van der Waals surface area contributed by atoms with E-state index >= 15 is 0 Å². The van der Waals surface area contributed by atoms with Gasteiger partial charge in [-0.15, -0.1) is 37.2 Å². The van der Waals surface area contributed by atoms with E-state index in [1.54, 1.807) is 0 Å². The number of rotatable bonds is 8. The highest BCUT2D eigenvalue weighted by molar-refractivity contribution is 5.86. The van der Waals surface area contributed by atoms with E-state index in [1.165, 1.54) is 64.5 Å². The standard InChI is InChI=1S/C15H33N3.3ClH/c1-18(13-7-11-16)14-8-12-17-15-9-5-3-2-4-6-10-15;;;/h15,17H,2-14,16H2,1H3;3*1H. The van der Waals surface area contributed by atoms with Gasteiger partial charge < -0.3 is 16.0 Å². The van der Waals surface area contributed by atoms with Crippen molar-refractivity contribution in [3.63, 3.8) is 0 Å². The molecule has 3 nitrogen and oxygen atoms in total. The summed E-state index contributed by atoms with van der Waals surface area (Å²) < 4.78 is 0. The molecule has 1 aliphatic rings. The van der Waals surface area contributed by atoms with Crippen LogP contribution in [0.15, 0.2) is 0 Å². The zero-order valence-corrected chi connectivity index (χ0v) is 16.0. The van der Waals surface area contributed by atoms with Crippen molar-refractivity contribution in [3.05, 3.63) is 0 Å². The molecule has 1 aliphatic carbocycles. The van der Waals surface area contributed by atoms with Crippen molar-refractivity contribution in [2.75, 3.05) is 33.2 Å². The van der Waals surface area contributed by atoms with Crippen LogP contribution in [0.3, 0.4) is 0 Å². The predicted octanol–water partition coefficient (Wildman–Crippen LogP) is 3.63. The fourth-order valence-corrected chi connectivity index (χ4v) is 2.79. The molecule has 3 N–H and O–H groups in total. The Morgan fingerprint density at radius 1 is 0.905 bits per heavy atom. The first-order chi connectivity index (χ1) is 8.83. The van der Waals surface area contributed by atoms with Gasteiger partial charge >= 0.3 is 0 Å². The summed E-state index contributed by atoms with van der Waals surface area (Å²) in [5.74, 6) is 0. The number of hydrogen-bond acceptors (Lipinski definition) is 3. The van der Waals surface area contributed by atoms with E-state index in [-0.39, 0.29) is 37.2 Å². The molecule has 132 valence electrons. The molecule has 0 unspecified atom stereocenters. The van der Waals surface area contributed by atoms with Gasteiger partial charge in [-0.1, -0.05) is 32.1 Å². The first kappa shape index (κ1) is 26.6. The van der Waals surface area contributed by atoms with Crippen molar-refractivity contribution in [2.24, 2.45) is 5.73 Å². The topological polar surface area (TPSA) is 41.3 Å². The van der Waals surface area contributed by atoms with E-state index in [4.69, 9.17) is 5.73 Å². The van der Waals surface area contributed by atoms with Crippen LogP contribution in [0.5, 0.6) is 0 Å². The monoisotopic (exact) mass is 363 g/mol. The fraction of sp³-hybridized carbons (Fsp3) is 1.00. The quantitative estimate of drug-likeness (QED) is 0.646. The fourth-order valence-electron chi connectivity index (χ4n) is 2.79. The van der Waals surface area contributed by atoms with Crippen LogP contribution < -0.4 is 11.1 Å². The van der Waals surface area contributed by atoms with Crippen LogP contribution in [-0.4, -0.2) is 44.2 Å². The summed E-state index contributed by atoms with van der Waals surface area (Å²) in [5.41, 5.74) is 5.52. The molecule has 0 saturated heterocycles. The molecule has 0 aromatic carbocycles. The molecule has 21 heavy (non-hydrogen) atoms. The first-order valence-corrected chi connectivity index (χ1v) is 7.95. The average molecular weight is 365 g/mol. The van der Waals surface area contributed by atoms with Gasteiger partial charge in [0.1, 0.15) is 0 Å². The number of halogens is 3. The second kappa shape index (κ2) is 18.8. The van der Waals surface area contributed by atoms with Gasteiger partial charge in [0, 0.05) is 6.04 Å². The van der Waals surface area contributed by atoms with Gasteiger partial charge in [-0.3, -0.25) is 0 Å². The highest BCUT2D eigenvalue weighted by atomic mass is 35.5. The number of nitrogens with one attached hydrogen (secondary N) is 1. The molecular weight excluding hydrogens is 329 g/mol. The van der Waals surface area contributed by atoms with Crippen LogP contribution in [0.2, 0.25) is 0 Å².